The first-order valence-electron chi connectivity index (χ1n) is 5.80. The number of hydrogen-bond donors (Lipinski definition) is 1. The third-order valence-corrected chi connectivity index (χ3v) is 2.84. The van der Waals surface area contributed by atoms with E-state index in [2.05, 4.69) is 20.8 Å². The summed E-state index contributed by atoms with van der Waals surface area (Å²) < 4.78 is 0. The second-order valence-electron chi connectivity index (χ2n) is 5.58. The summed E-state index contributed by atoms with van der Waals surface area (Å²) >= 11 is 0. The Kier molecular flexibility index (Phi) is 3.94. The maximum absolute atomic E-state index is 11.7. The van der Waals surface area contributed by atoms with E-state index >= 15 is 0 Å². The van der Waals surface area contributed by atoms with E-state index in [0.717, 1.165) is 5.56 Å². The smallest absolute Gasteiger partial charge is 0.243 e. The molecular weight excluding hydrogens is 212 g/mol. The molecule has 2 N–H and O–H groups in total. The maximum Gasteiger partial charge on any atom is 0.243 e. The first-order chi connectivity index (χ1) is 7.73. The van der Waals surface area contributed by atoms with Crippen molar-refractivity contribution in [3.8, 4) is 0 Å². The van der Waals surface area contributed by atoms with Crippen LogP contribution in [0.15, 0.2) is 24.3 Å². The van der Waals surface area contributed by atoms with Gasteiger partial charge in [-0.1, -0.05) is 45.0 Å². The minimum Gasteiger partial charge on any atom is -0.347 e. The highest BCUT2D eigenvalue weighted by molar-refractivity contribution is 5.82. The topological polar surface area (TPSA) is 46.3 Å². The molecule has 0 bridgehead atoms. The lowest BCUT2D eigenvalue weighted by Gasteiger charge is -2.21. The van der Waals surface area contributed by atoms with Crippen LogP contribution in [0.2, 0.25) is 0 Å². The number of carbonyl (C=O) groups is 1. The molecular formula is C14H22N2O. The van der Waals surface area contributed by atoms with Crippen molar-refractivity contribution >= 4 is 5.91 Å². The average molecular weight is 234 g/mol. The summed E-state index contributed by atoms with van der Waals surface area (Å²) in [5, 5.41) is 0. The number of benzene rings is 1. The second kappa shape index (κ2) is 4.88. The Bertz CT molecular complexity index is 388. The molecule has 1 aromatic carbocycles. The summed E-state index contributed by atoms with van der Waals surface area (Å²) in [6.45, 7) is 6.48. The van der Waals surface area contributed by atoms with Gasteiger partial charge in [0, 0.05) is 14.1 Å². The van der Waals surface area contributed by atoms with Gasteiger partial charge in [0.25, 0.3) is 0 Å². The van der Waals surface area contributed by atoms with Gasteiger partial charge in [-0.25, -0.2) is 0 Å². The molecule has 0 aromatic heterocycles. The first-order valence-corrected chi connectivity index (χ1v) is 5.80. The Labute approximate surface area is 104 Å². The summed E-state index contributed by atoms with van der Waals surface area (Å²) in [6.07, 6.45) is 0. The number of nitrogens with zero attached hydrogens (tertiary/aromatic N) is 1. The van der Waals surface area contributed by atoms with Crippen molar-refractivity contribution in [3.05, 3.63) is 35.4 Å². The zero-order valence-electron chi connectivity index (χ0n) is 11.3. The van der Waals surface area contributed by atoms with Crippen LogP contribution in [0.4, 0.5) is 0 Å². The van der Waals surface area contributed by atoms with Crippen molar-refractivity contribution in [2.45, 2.75) is 32.2 Å². The van der Waals surface area contributed by atoms with E-state index in [1.54, 1.807) is 14.1 Å². The van der Waals surface area contributed by atoms with Gasteiger partial charge in [-0.3, -0.25) is 4.79 Å². The largest absolute Gasteiger partial charge is 0.347 e. The van der Waals surface area contributed by atoms with Crippen LogP contribution in [-0.4, -0.2) is 24.9 Å². The molecule has 0 spiro atoms. The van der Waals surface area contributed by atoms with E-state index < -0.39 is 6.04 Å². The minimum atomic E-state index is -0.570. The molecule has 0 aliphatic rings. The third kappa shape index (κ3) is 3.30. The highest BCUT2D eigenvalue weighted by atomic mass is 16.2. The second-order valence-corrected chi connectivity index (χ2v) is 5.58. The Morgan fingerprint density at radius 1 is 1.18 bits per heavy atom. The molecule has 0 aliphatic carbocycles. The number of nitrogens with two attached hydrogens (primary N) is 1. The molecule has 0 aliphatic heterocycles. The number of amides is 1. The first kappa shape index (κ1) is 13.7. The predicted molar refractivity (Wildman–Crippen MR) is 70.8 cm³/mol. The zero-order chi connectivity index (χ0) is 13.2. The molecule has 1 aromatic rings. The van der Waals surface area contributed by atoms with Crippen LogP contribution in [0.3, 0.4) is 0 Å². The van der Waals surface area contributed by atoms with Crippen molar-refractivity contribution in [1.29, 1.82) is 0 Å². The molecule has 1 unspecified atom stereocenters. The number of carbonyl (C=O) groups excluding carboxylic acids is 1. The summed E-state index contributed by atoms with van der Waals surface area (Å²) in [4.78, 5) is 13.2. The van der Waals surface area contributed by atoms with Crippen molar-refractivity contribution in [2.24, 2.45) is 5.73 Å². The minimum absolute atomic E-state index is 0.0755. The van der Waals surface area contributed by atoms with E-state index in [0.29, 0.717) is 0 Å². The fourth-order valence-electron chi connectivity index (χ4n) is 1.61. The van der Waals surface area contributed by atoms with E-state index in [1.165, 1.54) is 10.5 Å². The standard InChI is InChI=1S/C14H22N2O/c1-14(2,3)11-8-6-10(7-9-11)12(15)13(17)16(4)5/h6-9,12H,15H2,1-5H3. The Balaban J connectivity index is 2.92. The molecule has 0 fully saturated rings. The molecule has 0 heterocycles. The SMILES string of the molecule is CN(C)C(=O)C(N)c1ccc(C(C)(C)C)cc1. The molecule has 0 saturated heterocycles. The van der Waals surface area contributed by atoms with Crippen LogP contribution in [-0.2, 0) is 10.2 Å². The molecule has 94 valence electrons. The van der Waals surface area contributed by atoms with Crippen molar-refractivity contribution < 1.29 is 4.79 Å². The molecule has 3 nitrogen and oxygen atoms in total. The van der Waals surface area contributed by atoms with E-state index in [4.69, 9.17) is 5.73 Å². The molecule has 17 heavy (non-hydrogen) atoms. The van der Waals surface area contributed by atoms with Gasteiger partial charge in [0.2, 0.25) is 5.91 Å². The van der Waals surface area contributed by atoms with Crippen LogP contribution in [0, 0.1) is 0 Å². The highest BCUT2D eigenvalue weighted by Crippen LogP contribution is 2.23. The quantitative estimate of drug-likeness (QED) is 0.851. The fraction of sp³-hybridized carbons (Fsp3) is 0.500. The lowest BCUT2D eigenvalue weighted by Crippen LogP contribution is -2.33. The Hall–Kier alpha value is -1.35. The van der Waals surface area contributed by atoms with Crippen molar-refractivity contribution in [2.75, 3.05) is 14.1 Å². The van der Waals surface area contributed by atoms with Crippen LogP contribution >= 0.6 is 0 Å². The number of likely N-dealkylation sites (N-methyl/N-ethyl adjacent to an activating group) is 1. The molecule has 1 rings (SSSR count). The summed E-state index contributed by atoms with van der Waals surface area (Å²) in [6, 6.07) is 7.38. The average Bonchev–Trinajstić information content (AvgIpc) is 2.26. The maximum atomic E-state index is 11.7. The Morgan fingerprint density at radius 3 is 2.00 bits per heavy atom. The van der Waals surface area contributed by atoms with Gasteiger partial charge in [0.1, 0.15) is 6.04 Å². The molecule has 0 radical (unpaired) electrons. The summed E-state index contributed by atoms with van der Waals surface area (Å²) in [7, 11) is 3.43. The third-order valence-electron chi connectivity index (χ3n) is 2.84. The van der Waals surface area contributed by atoms with Gasteiger partial charge in [-0.15, -0.1) is 0 Å². The monoisotopic (exact) mass is 234 g/mol. The Morgan fingerprint density at radius 2 is 1.65 bits per heavy atom. The molecule has 1 amide bonds. The predicted octanol–water partition coefficient (Wildman–Crippen LogP) is 2.07. The van der Waals surface area contributed by atoms with Gasteiger partial charge >= 0.3 is 0 Å². The zero-order valence-corrected chi connectivity index (χ0v) is 11.3. The van der Waals surface area contributed by atoms with Gasteiger partial charge in [0.15, 0.2) is 0 Å². The molecule has 0 saturated carbocycles. The van der Waals surface area contributed by atoms with Crippen LogP contribution < -0.4 is 5.73 Å². The lowest BCUT2D eigenvalue weighted by atomic mass is 9.86. The van der Waals surface area contributed by atoms with Gasteiger partial charge in [-0.2, -0.15) is 0 Å². The van der Waals surface area contributed by atoms with Crippen molar-refractivity contribution in [1.82, 2.24) is 4.90 Å². The van der Waals surface area contributed by atoms with Gasteiger partial charge in [-0.05, 0) is 16.5 Å². The summed E-state index contributed by atoms with van der Waals surface area (Å²) in [5.41, 5.74) is 8.13. The number of hydrogen-bond acceptors (Lipinski definition) is 2. The van der Waals surface area contributed by atoms with E-state index in [-0.39, 0.29) is 11.3 Å². The van der Waals surface area contributed by atoms with Crippen LogP contribution in [0.1, 0.15) is 37.9 Å². The van der Waals surface area contributed by atoms with Gasteiger partial charge < -0.3 is 10.6 Å². The van der Waals surface area contributed by atoms with Gasteiger partial charge in [0.05, 0.1) is 0 Å². The lowest BCUT2D eigenvalue weighted by molar-refractivity contribution is -0.130. The highest BCUT2D eigenvalue weighted by Gasteiger charge is 2.19. The van der Waals surface area contributed by atoms with E-state index in [9.17, 15) is 4.79 Å². The van der Waals surface area contributed by atoms with E-state index in [1.807, 2.05) is 24.3 Å². The normalized spacial score (nSPS) is 13.3. The molecule has 3 heteroatoms. The van der Waals surface area contributed by atoms with Crippen LogP contribution in [0.5, 0.6) is 0 Å². The van der Waals surface area contributed by atoms with Crippen molar-refractivity contribution in [3.63, 3.8) is 0 Å². The summed E-state index contributed by atoms with van der Waals surface area (Å²) in [5.74, 6) is -0.0755. The van der Waals surface area contributed by atoms with Crippen LogP contribution in [0.25, 0.3) is 0 Å². The number of rotatable bonds is 2. The molecule has 1 atom stereocenters. The fourth-order valence-corrected chi connectivity index (χ4v) is 1.61.